The molecule has 0 aliphatic carbocycles. The first-order valence-electron chi connectivity index (χ1n) is 10.5. The Hall–Kier alpha value is -1.95. The van der Waals surface area contributed by atoms with Gasteiger partial charge in [0.1, 0.15) is 11.5 Å². The zero-order chi connectivity index (χ0) is 18.6. The fraction of sp³-hybridized carbons (Fsp3) is 0.667. The molecule has 0 spiro atoms. The number of aromatic nitrogens is 3. The molecule has 2 aliphatic rings. The third kappa shape index (κ3) is 4.15. The molecule has 0 saturated carbocycles. The number of ketones is 1. The standard InChI is InChI=1S/C21H31N5O/c1-25-21-17(20(24-25)18(27)15-16-9-11-22-12-10-16)7-8-19(23-21)26-13-5-3-2-4-6-14-26/h7-8,16,22H,2-6,9-15H2,1H3. The number of piperidine rings is 1. The van der Waals surface area contributed by atoms with Crippen LogP contribution in [0.1, 0.15) is 61.9 Å². The summed E-state index contributed by atoms with van der Waals surface area (Å²) in [6.45, 7) is 4.17. The van der Waals surface area contributed by atoms with Gasteiger partial charge in [0.25, 0.3) is 0 Å². The molecule has 0 radical (unpaired) electrons. The molecule has 0 bridgehead atoms. The minimum absolute atomic E-state index is 0.160. The van der Waals surface area contributed by atoms with Crippen LogP contribution >= 0.6 is 0 Å². The molecule has 6 nitrogen and oxygen atoms in total. The summed E-state index contributed by atoms with van der Waals surface area (Å²) in [5.74, 6) is 1.65. The lowest BCUT2D eigenvalue weighted by Crippen LogP contribution is -2.29. The van der Waals surface area contributed by atoms with E-state index in [4.69, 9.17) is 4.98 Å². The van der Waals surface area contributed by atoms with E-state index < -0.39 is 0 Å². The number of pyridine rings is 1. The van der Waals surface area contributed by atoms with Gasteiger partial charge in [-0.1, -0.05) is 19.3 Å². The van der Waals surface area contributed by atoms with E-state index in [-0.39, 0.29) is 5.78 Å². The second-order valence-corrected chi connectivity index (χ2v) is 8.09. The van der Waals surface area contributed by atoms with Crippen molar-refractivity contribution >= 4 is 22.6 Å². The first-order chi connectivity index (χ1) is 13.2. The molecule has 2 fully saturated rings. The number of aryl methyl sites for hydroxylation is 1. The van der Waals surface area contributed by atoms with Crippen LogP contribution in [0.2, 0.25) is 0 Å². The smallest absolute Gasteiger partial charge is 0.184 e. The average Bonchev–Trinajstić information content (AvgIpc) is 2.99. The number of carbonyl (C=O) groups is 1. The summed E-state index contributed by atoms with van der Waals surface area (Å²) >= 11 is 0. The molecule has 0 atom stereocenters. The Kier molecular flexibility index (Phi) is 5.72. The summed E-state index contributed by atoms with van der Waals surface area (Å²) in [6, 6.07) is 4.13. The van der Waals surface area contributed by atoms with Crippen molar-refractivity contribution in [3.63, 3.8) is 0 Å². The molecule has 0 amide bonds. The van der Waals surface area contributed by atoms with Gasteiger partial charge in [0.05, 0.1) is 5.39 Å². The van der Waals surface area contributed by atoms with Crippen LogP contribution in [0, 0.1) is 5.92 Å². The van der Waals surface area contributed by atoms with Crippen LogP contribution in [0.15, 0.2) is 12.1 Å². The van der Waals surface area contributed by atoms with Crippen molar-refractivity contribution in [1.29, 1.82) is 0 Å². The summed E-state index contributed by atoms with van der Waals surface area (Å²) in [6.07, 6.45) is 9.17. The highest BCUT2D eigenvalue weighted by Gasteiger charge is 2.23. The van der Waals surface area contributed by atoms with E-state index in [9.17, 15) is 4.79 Å². The second kappa shape index (κ2) is 8.38. The van der Waals surface area contributed by atoms with Crippen LogP contribution in [0.3, 0.4) is 0 Å². The van der Waals surface area contributed by atoms with Gasteiger partial charge < -0.3 is 10.2 Å². The van der Waals surface area contributed by atoms with Crippen molar-refractivity contribution in [3.8, 4) is 0 Å². The van der Waals surface area contributed by atoms with Crippen LogP contribution in [-0.4, -0.2) is 46.7 Å². The first kappa shape index (κ1) is 18.4. The van der Waals surface area contributed by atoms with Crippen molar-refractivity contribution in [2.45, 2.75) is 51.4 Å². The molecule has 4 rings (SSSR count). The summed E-state index contributed by atoms with van der Waals surface area (Å²) in [4.78, 5) is 20.2. The predicted octanol–water partition coefficient (Wildman–Crippen LogP) is 3.31. The van der Waals surface area contributed by atoms with Gasteiger partial charge in [-0.15, -0.1) is 0 Å². The lowest BCUT2D eigenvalue weighted by atomic mass is 9.91. The molecule has 2 aromatic rings. The molecular weight excluding hydrogens is 338 g/mol. The maximum absolute atomic E-state index is 12.9. The Morgan fingerprint density at radius 1 is 1.11 bits per heavy atom. The molecule has 0 unspecified atom stereocenters. The van der Waals surface area contributed by atoms with Crippen molar-refractivity contribution in [2.24, 2.45) is 13.0 Å². The number of carbonyl (C=O) groups excluding carboxylic acids is 1. The Labute approximate surface area is 161 Å². The quantitative estimate of drug-likeness (QED) is 0.838. The lowest BCUT2D eigenvalue weighted by Gasteiger charge is -2.25. The predicted molar refractivity (Wildman–Crippen MR) is 108 cm³/mol. The van der Waals surface area contributed by atoms with Gasteiger partial charge in [-0.2, -0.15) is 5.10 Å². The fourth-order valence-electron chi connectivity index (χ4n) is 4.42. The largest absolute Gasteiger partial charge is 0.357 e. The normalized spacial score (nSPS) is 19.8. The average molecular weight is 370 g/mol. The molecule has 4 heterocycles. The van der Waals surface area contributed by atoms with E-state index in [0.29, 0.717) is 18.0 Å². The summed E-state index contributed by atoms with van der Waals surface area (Å²) in [5.41, 5.74) is 1.42. The van der Waals surface area contributed by atoms with Gasteiger partial charge in [-0.05, 0) is 56.8 Å². The number of hydrogen-bond acceptors (Lipinski definition) is 5. The molecule has 0 aromatic carbocycles. The Bertz CT molecular complexity index is 785. The van der Waals surface area contributed by atoms with Crippen LogP contribution in [0.5, 0.6) is 0 Å². The maximum atomic E-state index is 12.9. The molecule has 27 heavy (non-hydrogen) atoms. The van der Waals surface area contributed by atoms with E-state index in [1.807, 2.05) is 7.05 Å². The SMILES string of the molecule is Cn1nc(C(=O)CC2CCNCC2)c2ccc(N3CCCCCCC3)nc21. The van der Waals surface area contributed by atoms with Crippen LogP contribution < -0.4 is 10.2 Å². The lowest BCUT2D eigenvalue weighted by molar-refractivity contribution is 0.0948. The minimum Gasteiger partial charge on any atom is -0.357 e. The summed E-state index contributed by atoms with van der Waals surface area (Å²) < 4.78 is 1.78. The van der Waals surface area contributed by atoms with E-state index >= 15 is 0 Å². The third-order valence-corrected chi connectivity index (χ3v) is 6.05. The Morgan fingerprint density at radius 3 is 2.56 bits per heavy atom. The van der Waals surface area contributed by atoms with Crippen molar-refractivity contribution in [1.82, 2.24) is 20.1 Å². The zero-order valence-electron chi connectivity index (χ0n) is 16.4. The van der Waals surface area contributed by atoms with Crippen LogP contribution in [0.4, 0.5) is 5.82 Å². The molecule has 1 N–H and O–H groups in total. The highest BCUT2D eigenvalue weighted by atomic mass is 16.1. The van der Waals surface area contributed by atoms with Crippen molar-refractivity contribution in [2.75, 3.05) is 31.1 Å². The maximum Gasteiger partial charge on any atom is 0.184 e. The molecule has 6 heteroatoms. The first-order valence-corrected chi connectivity index (χ1v) is 10.5. The van der Waals surface area contributed by atoms with Crippen LogP contribution in [-0.2, 0) is 7.05 Å². The number of Topliss-reactive ketones (excluding diaryl/α,β-unsaturated/α-hetero) is 1. The van der Waals surface area contributed by atoms with E-state index in [2.05, 4.69) is 27.4 Å². The highest BCUT2D eigenvalue weighted by molar-refractivity contribution is 6.05. The zero-order valence-corrected chi connectivity index (χ0v) is 16.4. The molecular formula is C21H31N5O. The van der Waals surface area contributed by atoms with Gasteiger partial charge in [0.15, 0.2) is 11.4 Å². The monoisotopic (exact) mass is 369 g/mol. The van der Waals surface area contributed by atoms with Crippen molar-refractivity contribution < 1.29 is 4.79 Å². The van der Waals surface area contributed by atoms with Gasteiger partial charge in [0.2, 0.25) is 0 Å². The van der Waals surface area contributed by atoms with E-state index in [0.717, 1.165) is 55.9 Å². The number of fused-ring (bicyclic) bond motifs is 1. The van der Waals surface area contributed by atoms with E-state index in [1.54, 1.807) is 4.68 Å². The number of nitrogens with one attached hydrogen (secondary N) is 1. The number of anilines is 1. The topological polar surface area (TPSA) is 63.1 Å². The van der Waals surface area contributed by atoms with E-state index in [1.165, 1.54) is 32.1 Å². The minimum atomic E-state index is 0.160. The number of hydrogen-bond donors (Lipinski definition) is 1. The van der Waals surface area contributed by atoms with Gasteiger partial charge in [-0.25, -0.2) is 9.67 Å². The van der Waals surface area contributed by atoms with Crippen molar-refractivity contribution in [3.05, 3.63) is 17.8 Å². The molecule has 146 valence electrons. The fourth-order valence-corrected chi connectivity index (χ4v) is 4.42. The highest BCUT2D eigenvalue weighted by Crippen LogP contribution is 2.25. The second-order valence-electron chi connectivity index (χ2n) is 8.09. The molecule has 2 aromatic heterocycles. The molecule has 2 aliphatic heterocycles. The number of rotatable bonds is 4. The molecule has 2 saturated heterocycles. The van der Waals surface area contributed by atoms with Gasteiger partial charge in [-0.3, -0.25) is 4.79 Å². The Balaban J connectivity index is 1.55. The van der Waals surface area contributed by atoms with Gasteiger partial charge in [0, 0.05) is 26.6 Å². The summed E-state index contributed by atoms with van der Waals surface area (Å²) in [5, 5.41) is 8.80. The van der Waals surface area contributed by atoms with Crippen LogP contribution in [0.25, 0.3) is 11.0 Å². The Morgan fingerprint density at radius 2 is 1.81 bits per heavy atom. The third-order valence-electron chi connectivity index (χ3n) is 6.05. The van der Waals surface area contributed by atoms with Gasteiger partial charge >= 0.3 is 0 Å². The number of nitrogens with zero attached hydrogens (tertiary/aromatic N) is 4. The summed E-state index contributed by atoms with van der Waals surface area (Å²) in [7, 11) is 1.90.